The van der Waals surface area contributed by atoms with Crippen LogP contribution in [0.3, 0.4) is 0 Å². The highest BCUT2D eigenvalue weighted by Gasteiger charge is 2.43. The molecule has 2 N–H and O–H groups in total. The monoisotopic (exact) mass is 509 g/mol. The summed E-state index contributed by atoms with van der Waals surface area (Å²) in [4.78, 5) is 23.2. The van der Waals surface area contributed by atoms with Gasteiger partial charge in [0.1, 0.15) is 11.5 Å². The fraction of sp³-hybridized carbons (Fsp3) is 0.296. The molecule has 7 nitrogen and oxygen atoms in total. The maximum Gasteiger partial charge on any atom is 0.491 e. The Balaban J connectivity index is 1.82. The number of amides is 1. The third-order valence-corrected chi connectivity index (χ3v) is 5.75. The van der Waals surface area contributed by atoms with Gasteiger partial charge in [0, 0.05) is 31.0 Å². The maximum atomic E-state index is 14.2. The number of benzene rings is 1. The third-order valence-electron chi connectivity index (χ3n) is 5.75. The molecule has 1 aliphatic heterocycles. The van der Waals surface area contributed by atoms with Gasteiger partial charge in [0.15, 0.2) is 0 Å². The third kappa shape index (κ3) is 6.25. The van der Waals surface area contributed by atoms with E-state index >= 15 is 0 Å². The first-order valence-electron chi connectivity index (χ1n) is 11.7. The van der Waals surface area contributed by atoms with Crippen molar-refractivity contribution in [2.45, 2.75) is 26.2 Å². The number of aromatic nitrogens is 2. The number of carbonyl (C=O) groups excluding carboxylic acids is 1. The number of halogens is 3. The van der Waals surface area contributed by atoms with Crippen LogP contribution < -0.4 is 15.5 Å². The molecule has 192 valence electrons. The van der Waals surface area contributed by atoms with Crippen molar-refractivity contribution in [1.82, 2.24) is 9.97 Å². The van der Waals surface area contributed by atoms with Crippen LogP contribution in [0.5, 0.6) is 0 Å². The molecule has 2 aromatic heterocycles. The highest BCUT2D eigenvalue weighted by molar-refractivity contribution is 6.06. The van der Waals surface area contributed by atoms with E-state index in [1.165, 1.54) is 36.7 Å². The number of rotatable bonds is 4. The van der Waals surface area contributed by atoms with Crippen molar-refractivity contribution in [3.8, 4) is 23.0 Å². The van der Waals surface area contributed by atoms with E-state index in [4.69, 9.17) is 10.5 Å². The number of hydrogen-bond acceptors (Lipinski definition) is 6. The molecule has 0 spiro atoms. The smallest absolute Gasteiger partial charge is 0.378 e. The van der Waals surface area contributed by atoms with Gasteiger partial charge in [-0.3, -0.25) is 9.78 Å². The van der Waals surface area contributed by atoms with Crippen LogP contribution in [0.25, 0.3) is 11.1 Å². The van der Waals surface area contributed by atoms with Crippen molar-refractivity contribution in [3.63, 3.8) is 0 Å². The highest BCUT2D eigenvalue weighted by Crippen LogP contribution is 2.35. The van der Waals surface area contributed by atoms with Crippen molar-refractivity contribution < 1.29 is 22.7 Å². The Kier molecular flexibility index (Phi) is 7.76. The minimum atomic E-state index is -4.95. The van der Waals surface area contributed by atoms with E-state index in [-0.39, 0.29) is 22.2 Å². The molecule has 0 bridgehead atoms. The number of anilines is 2. The van der Waals surface area contributed by atoms with Crippen LogP contribution in [-0.4, -0.2) is 54.5 Å². The number of pyridine rings is 2. The van der Waals surface area contributed by atoms with Gasteiger partial charge in [0.2, 0.25) is 0 Å². The summed E-state index contributed by atoms with van der Waals surface area (Å²) in [7, 11) is 0. The van der Waals surface area contributed by atoms with Crippen molar-refractivity contribution in [3.05, 3.63) is 71.7 Å². The lowest BCUT2D eigenvalue weighted by molar-refractivity contribution is -0.122. The van der Waals surface area contributed by atoms with E-state index in [1.54, 1.807) is 26.0 Å². The summed E-state index contributed by atoms with van der Waals surface area (Å²) in [5.41, 5.74) is 7.69. The van der Waals surface area contributed by atoms with Gasteiger partial charge in [0.05, 0.1) is 24.9 Å². The van der Waals surface area contributed by atoms with E-state index in [1.807, 2.05) is 11.0 Å². The molecule has 0 saturated carbocycles. The molecule has 1 atom stereocenters. The fourth-order valence-electron chi connectivity index (χ4n) is 3.94. The molecule has 0 aliphatic carbocycles. The lowest BCUT2D eigenvalue weighted by Gasteiger charge is -2.28. The van der Waals surface area contributed by atoms with Crippen molar-refractivity contribution in [1.29, 1.82) is 0 Å². The summed E-state index contributed by atoms with van der Waals surface area (Å²) in [6, 6.07) is 9.86. The van der Waals surface area contributed by atoms with Gasteiger partial charge in [-0.05, 0) is 72.9 Å². The number of carbonyl (C=O) groups is 1. The highest BCUT2D eigenvalue weighted by atomic mass is 19.4. The SMILES string of the molecule is Cc1ccc(N(C(=O)c2ccncc2)C(F)(F)F)cc1-c1cc(C#C[C@H](C)N)nc(N2CCOCC2)c1. The lowest BCUT2D eigenvalue weighted by Crippen LogP contribution is -2.43. The predicted octanol–water partition coefficient (Wildman–Crippen LogP) is 4.15. The molecule has 10 heteroatoms. The Labute approximate surface area is 213 Å². The average molecular weight is 510 g/mol. The Morgan fingerprint density at radius 3 is 2.49 bits per heavy atom. The minimum Gasteiger partial charge on any atom is -0.378 e. The maximum absolute atomic E-state index is 14.2. The van der Waals surface area contributed by atoms with Crippen LogP contribution in [0.2, 0.25) is 0 Å². The Bertz CT molecular complexity index is 1330. The number of nitrogens with zero attached hydrogens (tertiary/aromatic N) is 4. The van der Waals surface area contributed by atoms with Crippen LogP contribution in [0.15, 0.2) is 54.9 Å². The number of ether oxygens (including phenoxy) is 1. The molecule has 3 aromatic rings. The minimum absolute atomic E-state index is 0.124. The number of morpholine rings is 1. The van der Waals surface area contributed by atoms with Gasteiger partial charge in [-0.15, -0.1) is 13.2 Å². The Morgan fingerprint density at radius 1 is 1.14 bits per heavy atom. The topological polar surface area (TPSA) is 84.6 Å². The summed E-state index contributed by atoms with van der Waals surface area (Å²) in [5, 5.41) is 0. The van der Waals surface area contributed by atoms with E-state index < -0.39 is 12.2 Å². The molecule has 1 aromatic carbocycles. The molecular formula is C27H26F3N5O2. The van der Waals surface area contributed by atoms with E-state index in [0.717, 1.165) is 5.56 Å². The number of aryl methyl sites for hydroxylation is 1. The van der Waals surface area contributed by atoms with Crippen molar-refractivity contribution in [2.24, 2.45) is 5.73 Å². The molecule has 37 heavy (non-hydrogen) atoms. The standard InChI is InChI=1S/C27H26F3N5O2/c1-18-3-6-23(35(27(28,29)30)26(36)20-7-9-32-10-8-20)17-24(18)21-15-22(5-4-19(2)31)33-25(16-21)34-11-13-37-14-12-34/h3,6-10,15-17,19H,11-14,31H2,1-2H3/t19-/m0/s1. The molecular weight excluding hydrogens is 483 g/mol. The van der Waals surface area contributed by atoms with E-state index in [2.05, 4.69) is 21.8 Å². The average Bonchev–Trinajstić information content (AvgIpc) is 2.88. The molecule has 0 unspecified atom stereocenters. The van der Waals surface area contributed by atoms with Gasteiger partial charge >= 0.3 is 6.30 Å². The van der Waals surface area contributed by atoms with Gasteiger partial charge in [-0.1, -0.05) is 12.0 Å². The van der Waals surface area contributed by atoms with Crippen LogP contribution in [-0.2, 0) is 4.74 Å². The quantitative estimate of drug-likeness (QED) is 0.420. The second-order valence-electron chi connectivity index (χ2n) is 8.60. The molecule has 1 aliphatic rings. The number of alkyl halides is 3. The molecule has 0 radical (unpaired) electrons. The number of hydrogen-bond donors (Lipinski definition) is 1. The largest absolute Gasteiger partial charge is 0.491 e. The summed E-state index contributed by atoms with van der Waals surface area (Å²) >= 11 is 0. The van der Waals surface area contributed by atoms with Gasteiger partial charge < -0.3 is 15.4 Å². The first kappa shape index (κ1) is 26.1. The summed E-state index contributed by atoms with van der Waals surface area (Å²) in [6.07, 6.45) is -2.40. The van der Waals surface area contributed by atoms with E-state index in [0.29, 0.717) is 48.9 Å². The van der Waals surface area contributed by atoms with Gasteiger partial charge in [-0.25, -0.2) is 9.88 Å². The fourth-order valence-corrected chi connectivity index (χ4v) is 3.94. The zero-order valence-corrected chi connectivity index (χ0v) is 20.4. The van der Waals surface area contributed by atoms with Crippen molar-refractivity contribution >= 4 is 17.4 Å². The Morgan fingerprint density at radius 2 is 1.84 bits per heavy atom. The lowest BCUT2D eigenvalue weighted by atomic mass is 9.99. The van der Waals surface area contributed by atoms with Crippen LogP contribution >= 0.6 is 0 Å². The zero-order chi connectivity index (χ0) is 26.6. The van der Waals surface area contributed by atoms with Gasteiger partial charge in [-0.2, -0.15) is 0 Å². The van der Waals surface area contributed by atoms with Crippen LogP contribution in [0, 0.1) is 18.8 Å². The normalized spacial score (nSPS) is 14.5. The zero-order valence-electron chi connectivity index (χ0n) is 20.4. The van der Waals surface area contributed by atoms with Crippen molar-refractivity contribution in [2.75, 3.05) is 36.1 Å². The number of nitrogens with two attached hydrogens (primary N) is 1. The molecule has 3 heterocycles. The Hall–Kier alpha value is -3.94. The summed E-state index contributed by atoms with van der Waals surface area (Å²) < 4.78 is 47.9. The first-order valence-corrected chi connectivity index (χ1v) is 11.7. The molecule has 4 rings (SSSR count). The van der Waals surface area contributed by atoms with Crippen LogP contribution in [0.1, 0.15) is 28.5 Å². The van der Waals surface area contributed by atoms with E-state index in [9.17, 15) is 18.0 Å². The summed E-state index contributed by atoms with van der Waals surface area (Å²) in [6.45, 7) is 5.87. The summed E-state index contributed by atoms with van der Waals surface area (Å²) in [5.74, 6) is 5.28. The first-order chi connectivity index (χ1) is 17.6. The molecule has 1 fully saturated rings. The molecule has 1 amide bonds. The molecule has 1 saturated heterocycles. The predicted molar refractivity (Wildman–Crippen MR) is 135 cm³/mol. The van der Waals surface area contributed by atoms with Crippen LogP contribution in [0.4, 0.5) is 24.7 Å². The second kappa shape index (κ2) is 11.0. The second-order valence-corrected chi connectivity index (χ2v) is 8.60. The van der Waals surface area contributed by atoms with Gasteiger partial charge in [0.25, 0.3) is 5.91 Å².